The quantitative estimate of drug-likeness (QED) is 0.0959. The van der Waals surface area contributed by atoms with Crippen molar-refractivity contribution in [1.29, 1.82) is 0 Å². The van der Waals surface area contributed by atoms with E-state index in [-0.39, 0.29) is 32.5 Å². The van der Waals surface area contributed by atoms with E-state index in [0.717, 1.165) is 56.7 Å². The van der Waals surface area contributed by atoms with E-state index in [1.807, 2.05) is 24.3 Å². The summed E-state index contributed by atoms with van der Waals surface area (Å²) in [6, 6.07) is 12.9. The molecule has 1 aliphatic rings. The molecule has 1 N–H and O–H groups in total. The summed E-state index contributed by atoms with van der Waals surface area (Å²) in [7, 11) is -1.99. The van der Waals surface area contributed by atoms with E-state index in [9.17, 15) is 9.90 Å². The fourth-order valence-electron chi connectivity index (χ4n) is 5.84. The van der Waals surface area contributed by atoms with Crippen molar-refractivity contribution in [3.63, 3.8) is 0 Å². The van der Waals surface area contributed by atoms with Gasteiger partial charge in [-0.25, -0.2) is 13.6 Å². The molecule has 2 aromatic carbocycles. The van der Waals surface area contributed by atoms with Crippen molar-refractivity contribution in [3.05, 3.63) is 71.3 Å². The van der Waals surface area contributed by atoms with Crippen LogP contribution >= 0.6 is 0 Å². The number of unbranched alkanes of at least 4 members (excludes halogenated alkanes) is 1. The molecule has 0 heterocycles. The SMILES string of the molecule is C.C=C(C)C(=O)OCC(CO)CCCOc1ccc(C2CCC(c3ccc([Si](C)(C)CCCC)c(F)c3F)CC2)cc1. The Bertz CT molecular complexity index is 1140. The maximum absolute atomic E-state index is 15.3. The van der Waals surface area contributed by atoms with Gasteiger partial charge in [-0.15, -0.1) is 0 Å². The molecule has 0 aromatic heterocycles. The molecule has 234 valence electrons. The lowest BCUT2D eigenvalue weighted by molar-refractivity contribution is -0.140. The van der Waals surface area contributed by atoms with Crippen molar-refractivity contribution < 1.29 is 28.2 Å². The topological polar surface area (TPSA) is 55.8 Å². The normalized spacial score (nSPS) is 17.7. The number of ether oxygens (including phenoxy) is 2. The molecule has 0 radical (unpaired) electrons. The number of hydrogen-bond acceptors (Lipinski definition) is 4. The molecule has 1 aliphatic carbocycles. The summed E-state index contributed by atoms with van der Waals surface area (Å²) in [6.07, 6.45) is 7.14. The van der Waals surface area contributed by atoms with Crippen LogP contribution in [0.25, 0.3) is 0 Å². The highest BCUT2D eigenvalue weighted by molar-refractivity contribution is 6.89. The first-order valence-corrected chi connectivity index (χ1v) is 18.4. The molecule has 1 unspecified atom stereocenters. The molecular formula is C35H52F2O4Si. The Morgan fingerprint density at radius 1 is 1.02 bits per heavy atom. The van der Waals surface area contributed by atoms with Crippen molar-refractivity contribution in [1.82, 2.24) is 0 Å². The van der Waals surface area contributed by atoms with Crippen LogP contribution in [0.4, 0.5) is 8.78 Å². The second kappa shape index (κ2) is 17.0. The summed E-state index contributed by atoms with van der Waals surface area (Å²) in [5, 5.41) is 10.2. The monoisotopic (exact) mass is 602 g/mol. The third-order valence-corrected chi connectivity index (χ3v) is 12.0. The number of rotatable bonds is 15. The molecule has 4 nitrogen and oxygen atoms in total. The molecule has 0 aliphatic heterocycles. The fraction of sp³-hybridized carbons (Fsp3) is 0.571. The average Bonchev–Trinajstić information content (AvgIpc) is 2.97. The number of carbonyl (C=O) groups excluding carboxylic acids is 1. The third kappa shape index (κ3) is 9.77. The number of carbonyl (C=O) groups is 1. The Kier molecular flexibility index (Phi) is 14.4. The van der Waals surface area contributed by atoms with E-state index in [4.69, 9.17) is 9.47 Å². The summed E-state index contributed by atoms with van der Waals surface area (Å²) in [6.45, 7) is 12.2. The zero-order valence-electron chi connectivity index (χ0n) is 25.3. The molecule has 0 amide bonds. The van der Waals surface area contributed by atoms with Gasteiger partial charge in [0, 0.05) is 18.1 Å². The van der Waals surface area contributed by atoms with Gasteiger partial charge in [0.2, 0.25) is 0 Å². The molecule has 2 aromatic rings. The lowest BCUT2D eigenvalue weighted by Crippen LogP contribution is -2.44. The Morgan fingerprint density at radius 3 is 2.26 bits per heavy atom. The molecule has 0 saturated heterocycles. The molecule has 1 saturated carbocycles. The van der Waals surface area contributed by atoms with Crippen LogP contribution in [0.2, 0.25) is 19.1 Å². The molecule has 42 heavy (non-hydrogen) atoms. The number of halogens is 2. The van der Waals surface area contributed by atoms with Crippen molar-refractivity contribution >= 4 is 19.2 Å². The Labute approximate surface area is 253 Å². The Morgan fingerprint density at radius 2 is 1.67 bits per heavy atom. The average molecular weight is 603 g/mol. The van der Waals surface area contributed by atoms with Gasteiger partial charge >= 0.3 is 5.97 Å². The number of esters is 1. The highest BCUT2D eigenvalue weighted by Crippen LogP contribution is 2.41. The molecule has 7 heteroatoms. The summed E-state index contributed by atoms with van der Waals surface area (Å²) < 4.78 is 41.5. The van der Waals surface area contributed by atoms with Crippen molar-refractivity contribution in [2.75, 3.05) is 19.8 Å². The predicted molar refractivity (Wildman–Crippen MR) is 171 cm³/mol. The van der Waals surface area contributed by atoms with Crippen LogP contribution in [0.5, 0.6) is 5.75 Å². The van der Waals surface area contributed by atoms with E-state index in [2.05, 4.69) is 38.7 Å². The second-order valence-corrected chi connectivity index (χ2v) is 17.2. The number of aliphatic hydroxyl groups is 1. The molecule has 0 bridgehead atoms. The van der Waals surface area contributed by atoms with Crippen LogP contribution in [0.1, 0.15) is 95.6 Å². The largest absolute Gasteiger partial charge is 0.494 e. The fourth-order valence-corrected chi connectivity index (χ4v) is 8.58. The number of benzene rings is 2. The van der Waals surface area contributed by atoms with Crippen LogP contribution in [-0.2, 0) is 9.53 Å². The minimum Gasteiger partial charge on any atom is -0.494 e. The van der Waals surface area contributed by atoms with E-state index in [0.29, 0.717) is 35.3 Å². The van der Waals surface area contributed by atoms with Crippen LogP contribution in [-0.4, -0.2) is 39.0 Å². The summed E-state index contributed by atoms with van der Waals surface area (Å²) in [5.41, 5.74) is 2.14. The second-order valence-electron chi connectivity index (χ2n) is 12.4. The van der Waals surface area contributed by atoms with E-state index in [1.165, 1.54) is 5.56 Å². The predicted octanol–water partition coefficient (Wildman–Crippen LogP) is 8.64. The van der Waals surface area contributed by atoms with Crippen LogP contribution in [0, 0.1) is 17.6 Å². The highest BCUT2D eigenvalue weighted by Gasteiger charge is 2.31. The standard InChI is InChI=1S/C34H48F2O4Si.CH4/c1-6-7-21-41(4,5)31-19-18-30(32(35)33(31)36)28-12-10-26(11-13-28)27-14-16-29(17-15-27)39-20-8-9-25(22-37)23-40-34(38)24(2)3;/h14-19,25-26,28,37H,2,6-13,20-23H2,1,3-5H3;1H4. The zero-order valence-corrected chi connectivity index (χ0v) is 26.3. The first-order valence-electron chi connectivity index (χ1n) is 15.2. The highest BCUT2D eigenvalue weighted by atomic mass is 28.3. The Hall–Kier alpha value is -2.51. The van der Waals surface area contributed by atoms with Gasteiger partial charge in [0.05, 0.1) is 21.3 Å². The van der Waals surface area contributed by atoms with E-state index < -0.39 is 25.7 Å². The first-order chi connectivity index (χ1) is 19.6. The maximum atomic E-state index is 15.3. The Balaban J connectivity index is 0.00000616. The van der Waals surface area contributed by atoms with Gasteiger partial charge in [-0.05, 0) is 85.7 Å². The zero-order chi connectivity index (χ0) is 30.0. The summed E-state index contributed by atoms with van der Waals surface area (Å²) >= 11 is 0. The molecular weight excluding hydrogens is 550 g/mol. The smallest absolute Gasteiger partial charge is 0.333 e. The van der Waals surface area contributed by atoms with Gasteiger partial charge < -0.3 is 14.6 Å². The number of hydrogen-bond donors (Lipinski definition) is 1. The van der Waals surface area contributed by atoms with Gasteiger partial charge in [0.15, 0.2) is 11.6 Å². The lowest BCUT2D eigenvalue weighted by Gasteiger charge is -2.30. The summed E-state index contributed by atoms with van der Waals surface area (Å²) in [4.78, 5) is 11.5. The maximum Gasteiger partial charge on any atom is 0.333 e. The molecule has 3 rings (SSSR count). The minimum absolute atomic E-state index is 0. The van der Waals surface area contributed by atoms with Crippen molar-refractivity contribution in [2.45, 2.75) is 104 Å². The first kappa shape index (κ1) is 35.7. The third-order valence-electron chi connectivity index (χ3n) is 8.60. The van der Waals surface area contributed by atoms with E-state index in [1.54, 1.807) is 6.92 Å². The van der Waals surface area contributed by atoms with Gasteiger partial charge in [0.25, 0.3) is 0 Å². The van der Waals surface area contributed by atoms with Crippen molar-refractivity contribution in [2.24, 2.45) is 5.92 Å². The lowest BCUT2D eigenvalue weighted by atomic mass is 9.76. The van der Waals surface area contributed by atoms with Crippen LogP contribution in [0.15, 0.2) is 48.6 Å². The van der Waals surface area contributed by atoms with Crippen molar-refractivity contribution in [3.8, 4) is 5.75 Å². The van der Waals surface area contributed by atoms with Crippen LogP contribution < -0.4 is 9.92 Å². The van der Waals surface area contributed by atoms with E-state index >= 15 is 8.78 Å². The number of aliphatic hydroxyl groups excluding tert-OH is 1. The minimum atomic E-state index is -1.99. The van der Waals surface area contributed by atoms with Crippen LogP contribution in [0.3, 0.4) is 0 Å². The molecule has 1 fully saturated rings. The van der Waals surface area contributed by atoms with Gasteiger partial charge in [-0.2, -0.15) is 0 Å². The molecule has 0 spiro atoms. The summed E-state index contributed by atoms with van der Waals surface area (Å²) in [5.74, 6) is -0.535. The van der Waals surface area contributed by atoms with Gasteiger partial charge in [-0.3, -0.25) is 0 Å². The van der Waals surface area contributed by atoms with Gasteiger partial charge in [0.1, 0.15) is 5.75 Å². The van der Waals surface area contributed by atoms with Gasteiger partial charge in [-0.1, -0.05) is 77.2 Å². The molecule has 1 atom stereocenters.